The second-order valence-corrected chi connectivity index (χ2v) is 4.27. The van der Waals surface area contributed by atoms with Crippen molar-refractivity contribution in [2.24, 2.45) is 5.92 Å². The summed E-state index contributed by atoms with van der Waals surface area (Å²) in [6.45, 7) is 0.350. The highest BCUT2D eigenvalue weighted by atomic mass is 16.3. The molecular weight excluding hydrogens is 164 g/mol. The largest absolute Gasteiger partial charge is 0.396 e. The number of hydrogen-bond acceptors (Lipinski definition) is 2. The lowest BCUT2D eigenvalue weighted by Crippen LogP contribution is -2.11. The Labute approximate surface area is 81.0 Å². The van der Waals surface area contributed by atoms with Crippen molar-refractivity contribution in [2.45, 2.75) is 57.5 Å². The SMILES string of the molecule is OCC1CCCCC(O)CCCC1. The fraction of sp³-hybridized carbons (Fsp3) is 1.00. The molecule has 1 fully saturated rings. The first-order chi connectivity index (χ1) is 6.33. The van der Waals surface area contributed by atoms with Gasteiger partial charge in [0.15, 0.2) is 0 Å². The molecule has 0 aromatic rings. The minimum absolute atomic E-state index is 0.0642. The first kappa shape index (κ1) is 11.0. The molecule has 2 heteroatoms. The van der Waals surface area contributed by atoms with E-state index in [1.54, 1.807) is 0 Å². The number of rotatable bonds is 1. The van der Waals surface area contributed by atoms with Gasteiger partial charge in [0, 0.05) is 6.61 Å². The van der Waals surface area contributed by atoms with E-state index in [0.717, 1.165) is 38.5 Å². The van der Waals surface area contributed by atoms with E-state index in [1.165, 1.54) is 12.8 Å². The predicted molar refractivity (Wildman–Crippen MR) is 53.5 cm³/mol. The Morgan fingerprint density at radius 1 is 0.846 bits per heavy atom. The maximum absolute atomic E-state index is 9.50. The molecule has 0 aromatic carbocycles. The average molecular weight is 186 g/mol. The van der Waals surface area contributed by atoms with Gasteiger partial charge in [-0.15, -0.1) is 0 Å². The van der Waals surface area contributed by atoms with Crippen molar-refractivity contribution in [3.63, 3.8) is 0 Å². The molecule has 78 valence electrons. The summed E-state index contributed by atoms with van der Waals surface area (Å²) < 4.78 is 0. The fourth-order valence-corrected chi connectivity index (χ4v) is 2.10. The van der Waals surface area contributed by atoms with Crippen LogP contribution in [0.5, 0.6) is 0 Å². The van der Waals surface area contributed by atoms with Crippen molar-refractivity contribution in [3.05, 3.63) is 0 Å². The Kier molecular flexibility index (Phi) is 5.40. The molecule has 0 amide bonds. The van der Waals surface area contributed by atoms with Gasteiger partial charge in [0.2, 0.25) is 0 Å². The van der Waals surface area contributed by atoms with Crippen LogP contribution in [0.3, 0.4) is 0 Å². The van der Waals surface area contributed by atoms with Crippen LogP contribution in [0.4, 0.5) is 0 Å². The van der Waals surface area contributed by atoms with Crippen molar-refractivity contribution in [1.29, 1.82) is 0 Å². The lowest BCUT2D eigenvalue weighted by molar-refractivity contribution is 0.137. The molecule has 0 saturated heterocycles. The van der Waals surface area contributed by atoms with Gasteiger partial charge in [-0.25, -0.2) is 0 Å². The van der Waals surface area contributed by atoms with Crippen LogP contribution in [-0.4, -0.2) is 22.9 Å². The second kappa shape index (κ2) is 6.39. The van der Waals surface area contributed by atoms with Gasteiger partial charge in [0.1, 0.15) is 0 Å². The Morgan fingerprint density at radius 3 is 1.77 bits per heavy atom. The number of aliphatic hydroxyl groups is 2. The molecule has 0 spiro atoms. The maximum Gasteiger partial charge on any atom is 0.0540 e. The van der Waals surface area contributed by atoms with E-state index in [0.29, 0.717) is 12.5 Å². The number of aliphatic hydroxyl groups excluding tert-OH is 2. The molecule has 1 saturated carbocycles. The molecule has 0 bridgehead atoms. The minimum Gasteiger partial charge on any atom is -0.396 e. The number of hydrogen-bond donors (Lipinski definition) is 2. The summed E-state index contributed by atoms with van der Waals surface area (Å²) in [5, 5.41) is 18.6. The van der Waals surface area contributed by atoms with Crippen LogP contribution in [0.25, 0.3) is 0 Å². The second-order valence-electron chi connectivity index (χ2n) is 4.27. The molecule has 13 heavy (non-hydrogen) atoms. The van der Waals surface area contributed by atoms with Crippen molar-refractivity contribution >= 4 is 0 Å². The average Bonchev–Trinajstić information content (AvgIpc) is 2.16. The van der Waals surface area contributed by atoms with E-state index in [-0.39, 0.29) is 6.10 Å². The summed E-state index contributed by atoms with van der Waals surface area (Å²) in [6.07, 6.45) is 8.72. The molecule has 1 aliphatic carbocycles. The predicted octanol–water partition coefficient (Wildman–Crippen LogP) is 2.09. The molecule has 2 N–H and O–H groups in total. The molecule has 1 aliphatic rings. The molecule has 0 radical (unpaired) electrons. The van der Waals surface area contributed by atoms with Crippen molar-refractivity contribution in [2.75, 3.05) is 6.61 Å². The molecule has 0 aliphatic heterocycles. The van der Waals surface area contributed by atoms with Crippen LogP contribution >= 0.6 is 0 Å². The van der Waals surface area contributed by atoms with E-state index in [9.17, 15) is 5.11 Å². The Hall–Kier alpha value is -0.0800. The van der Waals surface area contributed by atoms with Gasteiger partial charge in [-0.3, -0.25) is 0 Å². The summed E-state index contributed by atoms with van der Waals surface area (Å²) >= 11 is 0. The van der Waals surface area contributed by atoms with Crippen molar-refractivity contribution in [3.8, 4) is 0 Å². The molecule has 2 nitrogen and oxygen atoms in total. The topological polar surface area (TPSA) is 40.5 Å². The summed E-state index contributed by atoms with van der Waals surface area (Å²) in [7, 11) is 0. The van der Waals surface area contributed by atoms with Crippen LogP contribution in [-0.2, 0) is 0 Å². The Bertz CT molecular complexity index is 113. The van der Waals surface area contributed by atoms with E-state index in [2.05, 4.69) is 0 Å². The van der Waals surface area contributed by atoms with Crippen molar-refractivity contribution < 1.29 is 10.2 Å². The Balaban J connectivity index is 2.24. The summed E-state index contributed by atoms with van der Waals surface area (Å²) in [5.74, 6) is 0.523. The first-order valence-electron chi connectivity index (χ1n) is 5.62. The van der Waals surface area contributed by atoms with Crippen LogP contribution in [0.2, 0.25) is 0 Å². The van der Waals surface area contributed by atoms with E-state index in [1.807, 2.05) is 0 Å². The molecule has 0 atom stereocenters. The lowest BCUT2D eigenvalue weighted by Gasteiger charge is -2.17. The zero-order chi connectivity index (χ0) is 9.52. The third kappa shape index (κ3) is 4.63. The van der Waals surface area contributed by atoms with Gasteiger partial charge < -0.3 is 10.2 Å². The fourth-order valence-electron chi connectivity index (χ4n) is 2.10. The Morgan fingerprint density at radius 2 is 1.31 bits per heavy atom. The third-order valence-corrected chi connectivity index (χ3v) is 3.06. The van der Waals surface area contributed by atoms with Crippen LogP contribution in [0.1, 0.15) is 51.4 Å². The van der Waals surface area contributed by atoms with Gasteiger partial charge in [-0.1, -0.05) is 25.7 Å². The normalized spacial score (nSPS) is 32.8. The molecule has 0 heterocycles. The molecule has 1 rings (SSSR count). The highest BCUT2D eigenvalue weighted by Gasteiger charge is 2.11. The van der Waals surface area contributed by atoms with Crippen molar-refractivity contribution in [1.82, 2.24) is 0 Å². The smallest absolute Gasteiger partial charge is 0.0540 e. The summed E-state index contributed by atoms with van der Waals surface area (Å²) in [4.78, 5) is 0. The quantitative estimate of drug-likeness (QED) is 0.658. The zero-order valence-electron chi connectivity index (χ0n) is 8.41. The molecule has 0 unspecified atom stereocenters. The molecular formula is C11H22O2. The first-order valence-corrected chi connectivity index (χ1v) is 5.62. The summed E-state index contributed by atoms with van der Waals surface area (Å²) in [6, 6.07) is 0. The maximum atomic E-state index is 9.50. The standard InChI is InChI=1S/C11H22O2/c12-9-10-5-1-3-7-11(13)8-4-2-6-10/h10-13H,1-9H2. The van der Waals surface area contributed by atoms with E-state index in [4.69, 9.17) is 5.11 Å². The highest BCUT2D eigenvalue weighted by Crippen LogP contribution is 2.21. The van der Waals surface area contributed by atoms with Crippen LogP contribution in [0, 0.1) is 5.92 Å². The van der Waals surface area contributed by atoms with Crippen LogP contribution < -0.4 is 0 Å². The van der Waals surface area contributed by atoms with E-state index >= 15 is 0 Å². The van der Waals surface area contributed by atoms with E-state index < -0.39 is 0 Å². The van der Waals surface area contributed by atoms with Gasteiger partial charge in [0.05, 0.1) is 6.10 Å². The van der Waals surface area contributed by atoms with Gasteiger partial charge in [0.25, 0.3) is 0 Å². The van der Waals surface area contributed by atoms with Crippen LogP contribution in [0.15, 0.2) is 0 Å². The lowest BCUT2D eigenvalue weighted by atomic mass is 9.92. The third-order valence-electron chi connectivity index (χ3n) is 3.06. The highest BCUT2D eigenvalue weighted by molar-refractivity contribution is 4.64. The van der Waals surface area contributed by atoms with Gasteiger partial charge in [-0.05, 0) is 31.6 Å². The minimum atomic E-state index is -0.0642. The zero-order valence-corrected chi connectivity index (χ0v) is 8.41. The molecule has 0 aromatic heterocycles. The van der Waals surface area contributed by atoms with Gasteiger partial charge >= 0.3 is 0 Å². The van der Waals surface area contributed by atoms with Gasteiger partial charge in [-0.2, -0.15) is 0 Å². The monoisotopic (exact) mass is 186 g/mol. The summed E-state index contributed by atoms with van der Waals surface area (Å²) in [5.41, 5.74) is 0.